The molecule has 6 nitrogen and oxygen atoms in total. The standard InChI is InChI=1S/C46H93NO5S/c1-3-5-7-9-11-13-15-17-19-21-23-24-25-27-29-31-33-35-37-39-41-45(48)44(43-53(50,51)52)47-46(49)42-40-38-36-34-32-30-28-26-22-20-18-16-14-12-10-8-6-4-2/h44-45,48H,3-43H2,1-2H3,(H,47,49)(H,50,51,52). The molecule has 0 aliphatic rings. The third kappa shape index (κ3) is 42.3. The Balaban J connectivity index is 3.74. The highest BCUT2D eigenvalue weighted by Gasteiger charge is 2.26. The second-order valence-electron chi connectivity index (χ2n) is 16.8. The number of aliphatic hydroxyl groups excluding tert-OH is 1. The van der Waals surface area contributed by atoms with Gasteiger partial charge >= 0.3 is 0 Å². The van der Waals surface area contributed by atoms with Gasteiger partial charge in [0.2, 0.25) is 5.91 Å². The Hall–Kier alpha value is -0.660. The molecule has 0 aliphatic carbocycles. The van der Waals surface area contributed by atoms with Crippen LogP contribution in [0, 0.1) is 0 Å². The Morgan fingerprint density at radius 2 is 0.679 bits per heavy atom. The van der Waals surface area contributed by atoms with Crippen LogP contribution in [0.3, 0.4) is 0 Å². The van der Waals surface area contributed by atoms with Gasteiger partial charge in [-0.25, -0.2) is 0 Å². The quantitative estimate of drug-likeness (QED) is 0.0423. The summed E-state index contributed by atoms with van der Waals surface area (Å²) in [6, 6.07) is -0.964. The van der Waals surface area contributed by atoms with Gasteiger partial charge in [-0.2, -0.15) is 8.42 Å². The van der Waals surface area contributed by atoms with E-state index in [2.05, 4.69) is 19.2 Å². The molecule has 0 aromatic heterocycles. The lowest BCUT2D eigenvalue weighted by Crippen LogP contribution is -2.47. The first-order chi connectivity index (χ1) is 25.8. The molecule has 0 radical (unpaired) electrons. The third-order valence-corrected chi connectivity index (χ3v) is 12.1. The average Bonchev–Trinajstić information content (AvgIpc) is 3.12. The van der Waals surface area contributed by atoms with Crippen molar-refractivity contribution in [3.8, 4) is 0 Å². The predicted octanol–water partition coefficient (Wildman–Crippen LogP) is 14.4. The summed E-state index contributed by atoms with van der Waals surface area (Å²) in [7, 11) is -4.31. The van der Waals surface area contributed by atoms with Crippen molar-refractivity contribution in [1.29, 1.82) is 0 Å². The minimum atomic E-state index is -4.31. The molecule has 2 unspecified atom stereocenters. The molecule has 0 saturated heterocycles. The number of hydrogen-bond acceptors (Lipinski definition) is 4. The van der Waals surface area contributed by atoms with Gasteiger partial charge in [-0.15, -0.1) is 0 Å². The zero-order valence-electron chi connectivity index (χ0n) is 35.7. The number of unbranched alkanes of at least 4 members (excludes halogenated alkanes) is 36. The van der Waals surface area contributed by atoms with Crippen molar-refractivity contribution in [2.75, 3.05) is 5.75 Å². The molecule has 0 aromatic rings. The van der Waals surface area contributed by atoms with Gasteiger partial charge in [0.05, 0.1) is 17.9 Å². The summed E-state index contributed by atoms with van der Waals surface area (Å²) in [5.41, 5.74) is 0. The molecule has 0 saturated carbocycles. The molecule has 0 aliphatic heterocycles. The molecule has 0 heterocycles. The zero-order valence-corrected chi connectivity index (χ0v) is 36.5. The van der Waals surface area contributed by atoms with E-state index in [4.69, 9.17) is 0 Å². The Labute approximate surface area is 331 Å². The molecule has 0 bridgehead atoms. The van der Waals surface area contributed by atoms with E-state index < -0.39 is 28.0 Å². The van der Waals surface area contributed by atoms with Crippen molar-refractivity contribution in [1.82, 2.24) is 5.32 Å². The predicted molar refractivity (Wildman–Crippen MR) is 230 cm³/mol. The van der Waals surface area contributed by atoms with E-state index in [1.54, 1.807) is 0 Å². The number of carbonyl (C=O) groups is 1. The lowest BCUT2D eigenvalue weighted by Gasteiger charge is -2.23. The lowest BCUT2D eigenvalue weighted by molar-refractivity contribution is -0.122. The minimum Gasteiger partial charge on any atom is -0.391 e. The van der Waals surface area contributed by atoms with E-state index in [1.165, 1.54) is 205 Å². The summed E-state index contributed by atoms with van der Waals surface area (Å²) < 4.78 is 32.7. The molecule has 1 amide bonds. The van der Waals surface area contributed by atoms with Gasteiger partial charge in [0.15, 0.2) is 0 Å². The van der Waals surface area contributed by atoms with Gasteiger partial charge in [-0.05, 0) is 12.8 Å². The monoisotopic (exact) mass is 772 g/mol. The summed E-state index contributed by atoms with van der Waals surface area (Å²) in [4.78, 5) is 12.6. The highest BCUT2D eigenvalue weighted by Crippen LogP contribution is 2.17. The second-order valence-corrected chi connectivity index (χ2v) is 18.3. The van der Waals surface area contributed by atoms with E-state index in [1.807, 2.05) is 0 Å². The van der Waals surface area contributed by atoms with Gasteiger partial charge in [-0.3, -0.25) is 9.35 Å². The number of aliphatic hydroxyl groups is 1. The highest BCUT2D eigenvalue weighted by molar-refractivity contribution is 7.85. The van der Waals surface area contributed by atoms with Crippen LogP contribution >= 0.6 is 0 Å². The molecule has 3 N–H and O–H groups in total. The van der Waals surface area contributed by atoms with Crippen LogP contribution in [0.5, 0.6) is 0 Å². The molecule has 0 spiro atoms. The summed E-state index contributed by atoms with van der Waals surface area (Å²) in [6.45, 7) is 4.55. The normalized spacial score (nSPS) is 13.1. The molecule has 0 aromatic carbocycles. The molecule has 53 heavy (non-hydrogen) atoms. The van der Waals surface area contributed by atoms with E-state index in [0.29, 0.717) is 12.8 Å². The first kappa shape index (κ1) is 52.3. The van der Waals surface area contributed by atoms with E-state index in [0.717, 1.165) is 38.5 Å². The van der Waals surface area contributed by atoms with Crippen LogP contribution in [0.1, 0.15) is 271 Å². The van der Waals surface area contributed by atoms with Crippen LogP contribution in [0.4, 0.5) is 0 Å². The molecule has 0 fully saturated rings. The first-order valence-electron chi connectivity index (χ1n) is 23.7. The fraction of sp³-hybridized carbons (Fsp3) is 0.978. The van der Waals surface area contributed by atoms with Crippen LogP contribution in [0.2, 0.25) is 0 Å². The summed E-state index contributed by atoms with van der Waals surface area (Å²) >= 11 is 0. The average molecular weight is 772 g/mol. The highest BCUT2D eigenvalue weighted by atomic mass is 32.2. The van der Waals surface area contributed by atoms with Crippen molar-refractivity contribution in [3.63, 3.8) is 0 Å². The number of nitrogens with one attached hydrogen (secondary N) is 1. The van der Waals surface area contributed by atoms with Gasteiger partial charge in [0.1, 0.15) is 0 Å². The van der Waals surface area contributed by atoms with Crippen molar-refractivity contribution in [2.24, 2.45) is 0 Å². The van der Waals surface area contributed by atoms with Crippen molar-refractivity contribution in [3.05, 3.63) is 0 Å². The second kappa shape index (κ2) is 41.0. The maximum atomic E-state index is 12.6. The summed E-state index contributed by atoms with van der Waals surface area (Å²) in [5.74, 6) is -0.879. The number of rotatable bonds is 44. The van der Waals surface area contributed by atoms with E-state index in [-0.39, 0.29) is 5.91 Å². The van der Waals surface area contributed by atoms with Gasteiger partial charge < -0.3 is 10.4 Å². The number of carbonyl (C=O) groups excluding carboxylic acids is 1. The van der Waals surface area contributed by atoms with Crippen molar-refractivity contribution < 1.29 is 22.9 Å². The molecule has 7 heteroatoms. The molecule has 2 atom stereocenters. The minimum absolute atomic E-state index is 0.238. The van der Waals surface area contributed by atoms with Gasteiger partial charge in [-0.1, -0.05) is 251 Å². The third-order valence-electron chi connectivity index (χ3n) is 11.3. The zero-order chi connectivity index (χ0) is 38.9. The van der Waals surface area contributed by atoms with Crippen LogP contribution < -0.4 is 5.32 Å². The van der Waals surface area contributed by atoms with E-state index >= 15 is 0 Å². The van der Waals surface area contributed by atoms with Crippen LogP contribution in [-0.4, -0.2) is 41.9 Å². The Kier molecular flexibility index (Phi) is 40.5. The smallest absolute Gasteiger partial charge is 0.266 e. The van der Waals surface area contributed by atoms with Crippen LogP contribution in [0.15, 0.2) is 0 Å². The molecule has 318 valence electrons. The number of hydrogen-bond donors (Lipinski definition) is 3. The Bertz CT molecular complexity index is 851. The largest absolute Gasteiger partial charge is 0.391 e. The maximum Gasteiger partial charge on any atom is 0.266 e. The first-order valence-corrected chi connectivity index (χ1v) is 25.3. The maximum absolute atomic E-state index is 12.6. The van der Waals surface area contributed by atoms with Gasteiger partial charge in [0.25, 0.3) is 10.1 Å². The van der Waals surface area contributed by atoms with Crippen molar-refractivity contribution in [2.45, 2.75) is 283 Å². The fourth-order valence-electron chi connectivity index (χ4n) is 7.75. The fourth-order valence-corrected chi connectivity index (χ4v) is 8.51. The molecular formula is C46H93NO5S. The topological polar surface area (TPSA) is 104 Å². The van der Waals surface area contributed by atoms with Crippen LogP contribution in [-0.2, 0) is 14.9 Å². The lowest BCUT2D eigenvalue weighted by atomic mass is 10.0. The van der Waals surface area contributed by atoms with Gasteiger partial charge in [0, 0.05) is 6.42 Å². The summed E-state index contributed by atoms with van der Waals surface area (Å²) in [6.07, 6.45) is 49.2. The van der Waals surface area contributed by atoms with Crippen LogP contribution in [0.25, 0.3) is 0 Å². The number of amides is 1. The molecule has 0 rings (SSSR count). The van der Waals surface area contributed by atoms with E-state index in [9.17, 15) is 22.9 Å². The summed E-state index contributed by atoms with van der Waals surface area (Å²) in [5, 5.41) is 13.4. The Morgan fingerprint density at radius 3 is 0.943 bits per heavy atom. The SMILES string of the molecule is CCCCCCCCCCCCCCCCCCCCCCC(O)C(CS(=O)(=O)O)NC(=O)CCCCCCCCCCCCCCCCCCCC. The van der Waals surface area contributed by atoms with Crippen molar-refractivity contribution >= 4 is 16.0 Å². The molecular weight excluding hydrogens is 679 g/mol. The Morgan fingerprint density at radius 1 is 0.434 bits per heavy atom.